The summed E-state index contributed by atoms with van der Waals surface area (Å²) >= 11 is 0. The number of aliphatic hydroxyl groups is 1. The largest absolute Gasteiger partial charge is 0.388 e. The first-order valence-electron chi connectivity index (χ1n) is 8.24. The molecule has 2 aromatic rings. The van der Waals surface area contributed by atoms with Gasteiger partial charge in [0, 0.05) is 12.3 Å². The minimum Gasteiger partial charge on any atom is -0.388 e. The second-order valence-corrected chi connectivity index (χ2v) is 8.99. The van der Waals surface area contributed by atoms with Crippen molar-refractivity contribution in [3.05, 3.63) is 60.2 Å². The van der Waals surface area contributed by atoms with Crippen LogP contribution in [0.2, 0.25) is 0 Å². The maximum absolute atomic E-state index is 11.8. The fourth-order valence-electron chi connectivity index (χ4n) is 4.24. The van der Waals surface area contributed by atoms with E-state index in [0.29, 0.717) is 6.42 Å². The maximum Gasteiger partial charge on any atom is 0.181 e. The van der Waals surface area contributed by atoms with Gasteiger partial charge in [-0.05, 0) is 36.6 Å². The van der Waals surface area contributed by atoms with Crippen molar-refractivity contribution in [3.63, 3.8) is 0 Å². The van der Waals surface area contributed by atoms with Gasteiger partial charge in [-0.15, -0.1) is 0 Å². The van der Waals surface area contributed by atoms with Gasteiger partial charge in [0.2, 0.25) is 0 Å². The molecule has 4 heteroatoms. The Kier molecular flexibility index (Phi) is 3.45. The van der Waals surface area contributed by atoms with Crippen molar-refractivity contribution in [2.75, 3.05) is 0 Å². The number of fused-ring (bicyclic) bond motifs is 3. The van der Waals surface area contributed by atoms with E-state index < -0.39 is 21.0 Å². The summed E-state index contributed by atoms with van der Waals surface area (Å²) < 4.78 is 16.1. The molecule has 2 aliphatic rings. The minimum atomic E-state index is -2.47. The third kappa shape index (κ3) is 1.86. The predicted octanol–water partition coefficient (Wildman–Crippen LogP) is 4.59. The molecule has 1 aliphatic heterocycles. The lowest BCUT2D eigenvalue weighted by molar-refractivity contribution is 0.0590. The van der Waals surface area contributed by atoms with E-state index in [9.17, 15) is 9.66 Å². The summed E-state index contributed by atoms with van der Waals surface area (Å²) in [6.45, 7) is 1.99. The highest BCUT2D eigenvalue weighted by Crippen LogP contribution is 2.63. The molecule has 2 N–H and O–H groups in total. The molecule has 1 unspecified atom stereocenters. The van der Waals surface area contributed by atoms with E-state index in [1.165, 1.54) is 5.56 Å². The molecule has 23 heavy (non-hydrogen) atoms. The molecule has 4 rings (SSSR count). The molecule has 1 saturated carbocycles. The molecule has 0 aromatic heterocycles. The standard InChI is InChI=1S/C19H22NO2S/c1-2-18(21)19-13-12-16(19)15-10-6-7-11-17(15)20-23(19,22)14-8-4-3-5-9-14/h3-11,16,18,21H,2,12-13H2,1H3,(H,20,22)/q+1/t16-,18+,19-,23?/m0/s1. The summed E-state index contributed by atoms with van der Waals surface area (Å²) in [4.78, 5) is 0.853. The van der Waals surface area contributed by atoms with Crippen LogP contribution in [0.4, 0.5) is 5.69 Å². The first kappa shape index (κ1) is 15.1. The fraction of sp³-hybridized carbons (Fsp3) is 0.368. The summed E-state index contributed by atoms with van der Waals surface area (Å²) in [5.41, 5.74) is 2.07. The second-order valence-electron chi connectivity index (χ2n) is 6.48. The van der Waals surface area contributed by atoms with E-state index in [1.54, 1.807) is 0 Å². The maximum atomic E-state index is 11.8. The van der Waals surface area contributed by atoms with Crippen LogP contribution in [0.1, 0.15) is 37.7 Å². The van der Waals surface area contributed by atoms with Gasteiger partial charge in [0.15, 0.2) is 9.64 Å². The summed E-state index contributed by atoms with van der Waals surface area (Å²) in [6.07, 6.45) is 1.92. The van der Waals surface area contributed by atoms with Crippen LogP contribution in [0.5, 0.6) is 0 Å². The highest BCUT2D eigenvalue weighted by atomic mass is 32.3. The van der Waals surface area contributed by atoms with Crippen LogP contribution in [0.15, 0.2) is 63.9 Å². The Hall–Kier alpha value is -1.49. The zero-order valence-electron chi connectivity index (χ0n) is 13.2. The summed E-state index contributed by atoms with van der Waals surface area (Å²) in [7, 11) is -2.47. The van der Waals surface area contributed by atoms with Gasteiger partial charge in [0.25, 0.3) is 0 Å². The molecule has 4 atom stereocenters. The molecule has 3 nitrogen and oxygen atoms in total. The lowest BCUT2D eigenvalue weighted by Gasteiger charge is -2.53. The van der Waals surface area contributed by atoms with Gasteiger partial charge in [-0.1, -0.05) is 47.7 Å². The third-order valence-corrected chi connectivity index (χ3v) is 8.72. The van der Waals surface area contributed by atoms with Crippen molar-refractivity contribution >= 4 is 15.8 Å². The molecule has 0 bridgehead atoms. The first-order valence-corrected chi connectivity index (χ1v) is 9.78. The molecule has 1 fully saturated rings. The molecule has 1 aliphatic carbocycles. The quantitative estimate of drug-likeness (QED) is 0.810. The van der Waals surface area contributed by atoms with Crippen molar-refractivity contribution in [2.45, 2.75) is 47.9 Å². The third-order valence-electron chi connectivity index (χ3n) is 5.51. The average Bonchev–Trinajstić information content (AvgIpc) is 2.56. The molecule has 120 valence electrons. The number of hydrogen-bond acceptors (Lipinski definition) is 2. The highest BCUT2D eigenvalue weighted by Gasteiger charge is 2.69. The Bertz CT molecular complexity index is 789. The molecule has 2 aromatic carbocycles. The van der Waals surface area contributed by atoms with Crippen molar-refractivity contribution in [2.24, 2.45) is 4.36 Å². The second kappa shape index (κ2) is 5.26. The van der Waals surface area contributed by atoms with Crippen molar-refractivity contribution in [3.8, 4) is 0 Å². The van der Waals surface area contributed by atoms with Crippen LogP contribution < -0.4 is 0 Å². The molecule has 1 heterocycles. The van der Waals surface area contributed by atoms with Crippen LogP contribution in [0, 0.1) is 0 Å². The minimum absolute atomic E-state index is 0.186. The first-order chi connectivity index (χ1) is 11.1. The molecular weight excluding hydrogens is 306 g/mol. The number of nitrogens with zero attached hydrogens (tertiary/aromatic N) is 1. The Morgan fingerprint density at radius 2 is 1.87 bits per heavy atom. The van der Waals surface area contributed by atoms with E-state index >= 15 is 0 Å². The van der Waals surface area contributed by atoms with Gasteiger partial charge in [0.1, 0.15) is 21.9 Å². The van der Waals surface area contributed by atoms with Gasteiger partial charge in [-0.3, -0.25) is 0 Å². The van der Waals surface area contributed by atoms with E-state index in [-0.39, 0.29) is 5.92 Å². The van der Waals surface area contributed by atoms with Crippen molar-refractivity contribution in [1.82, 2.24) is 0 Å². The van der Waals surface area contributed by atoms with E-state index in [4.69, 9.17) is 4.36 Å². The van der Waals surface area contributed by atoms with Crippen molar-refractivity contribution < 1.29 is 9.66 Å². The van der Waals surface area contributed by atoms with Gasteiger partial charge in [-0.2, -0.15) is 0 Å². The lowest BCUT2D eigenvalue weighted by atomic mass is 9.65. The van der Waals surface area contributed by atoms with Crippen molar-refractivity contribution in [1.29, 1.82) is 0 Å². The number of hydrogen-bond donors (Lipinski definition) is 2. The number of benzene rings is 2. The fourth-order valence-corrected chi connectivity index (χ4v) is 7.53. The lowest BCUT2D eigenvalue weighted by Crippen LogP contribution is -2.63. The Balaban J connectivity index is 2.03. The monoisotopic (exact) mass is 328 g/mol. The summed E-state index contributed by atoms with van der Waals surface area (Å²) in [6, 6.07) is 17.8. The average molecular weight is 328 g/mol. The zero-order chi connectivity index (χ0) is 16.1. The Morgan fingerprint density at radius 3 is 2.52 bits per heavy atom. The van der Waals surface area contributed by atoms with E-state index in [2.05, 4.69) is 6.07 Å². The van der Waals surface area contributed by atoms with Crippen LogP contribution >= 0.6 is 0 Å². The molecule has 0 amide bonds. The van der Waals surface area contributed by atoms with Gasteiger partial charge >= 0.3 is 0 Å². The van der Waals surface area contributed by atoms with Gasteiger partial charge in [-0.25, -0.2) is 4.55 Å². The number of rotatable bonds is 3. The predicted molar refractivity (Wildman–Crippen MR) is 94.2 cm³/mol. The Morgan fingerprint density at radius 1 is 1.17 bits per heavy atom. The van der Waals surface area contributed by atoms with Gasteiger partial charge in [0.05, 0.1) is 0 Å². The SMILES string of the molecule is CC[C@@H](O)[C@]12CC[C@H]1c1ccccc1N=[S+]2(O)c1ccccc1. The smallest absolute Gasteiger partial charge is 0.181 e. The Labute approximate surface area is 138 Å². The molecule has 0 radical (unpaired) electrons. The molecular formula is C19H22NO2S+. The highest BCUT2D eigenvalue weighted by molar-refractivity contribution is 8.01. The van der Waals surface area contributed by atoms with Gasteiger partial charge < -0.3 is 5.11 Å². The normalized spacial score (nSPS) is 32.9. The number of aliphatic hydroxyl groups excluding tert-OH is 1. The summed E-state index contributed by atoms with van der Waals surface area (Å²) in [5.74, 6) is 0.186. The van der Waals surface area contributed by atoms with Crippen LogP contribution in [-0.2, 0) is 10.1 Å². The molecule has 0 saturated heterocycles. The van der Waals surface area contributed by atoms with Crippen LogP contribution in [-0.4, -0.2) is 20.5 Å². The topological polar surface area (TPSA) is 52.8 Å². The summed E-state index contributed by atoms with van der Waals surface area (Å²) in [5, 5.41) is 10.9. The van der Waals surface area contributed by atoms with E-state index in [1.807, 2.05) is 55.5 Å². The van der Waals surface area contributed by atoms with Crippen LogP contribution in [0.25, 0.3) is 0 Å². The van der Waals surface area contributed by atoms with Crippen LogP contribution in [0.3, 0.4) is 0 Å². The van der Waals surface area contributed by atoms with E-state index in [0.717, 1.165) is 23.4 Å². The zero-order valence-corrected chi connectivity index (χ0v) is 14.0. The molecule has 0 spiro atoms.